The lowest BCUT2D eigenvalue weighted by atomic mass is 10.1. The molecule has 1 aromatic carbocycles. The van der Waals surface area contributed by atoms with Gasteiger partial charge in [-0.25, -0.2) is 0 Å². The van der Waals surface area contributed by atoms with Crippen LogP contribution >= 0.6 is 0 Å². The van der Waals surface area contributed by atoms with Gasteiger partial charge in [0.25, 0.3) is 0 Å². The normalized spacial score (nSPS) is 12.3. The Morgan fingerprint density at radius 1 is 1.06 bits per heavy atom. The molecular weight excluding hydrogens is 242 g/mol. The van der Waals surface area contributed by atoms with Gasteiger partial charge in [0, 0.05) is 22.7 Å². The summed E-state index contributed by atoms with van der Waals surface area (Å²) in [5.74, 6) is 1.12. The average Bonchev–Trinajstić information content (AvgIpc) is 2.28. The zero-order chi connectivity index (χ0) is 13.0. The zero-order valence-electron chi connectivity index (χ0n) is 10.7. The molecule has 0 aliphatic heterocycles. The largest absolute Gasteiger partial charge is 0.260 e. The highest BCUT2D eigenvalue weighted by molar-refractivity contribution is 7.83. The van der Waals surface area contributed by atoms with E-state index in [2.05, 4.69) is 37.0 Å². The fraction of sp³-hybridized carbons (Fsp3) is 0.267. The number of rotatable bonds is 4. The number of hydrogen-bond acceptors (Lipinski definition) is 2. The Balaban J connectivity index is 2.03. The molecule has 0 unspecified atom stereocenters. The molecule has 1 aromatic heterocycles. The zero-order valence-corrected chi connectivity index (χ0v) is 11.5. The van der Waals surface area contributed by atoms with E-state index in [9.17, 15) is 4.21 Å². The first kappa shape index (κ1) is 13.0. The van der Waals surface area contributed by atoms with Crippen molar-refractivity contribution in [1.29, 1.82) is 0 Å². The predicted octanol–water partition coefficient (Wildman–Crippen LogP) is 3.15. The topological polar surface area (TPSA) is 30.0 Å². The van der Waals surface area contributed by atoms with E-state index in [4.69, 9.17) is 0 Å². The summed E-state index contributed by atoms with van der Waals surface area (Å²) in [5.41, 5.74) is 4.47. The highest BCUT2D eigenvalue weighted by Crippen LogP contribution is 2.12. The van der Waals surface area contributed by atoms with Crippen LogP contribution < -0.4 is 0 Å². The molecule has 0 radical (unpaired) electrons. The third-order valence-corrected chi connectivity index (χ3v) is 3.92. The molecule has 0 amide bonds. The van der Waals surface area contributed by atoms with Crippen LogP contribution in [0.2, 0.25) is 0 Å². The van der Waals surface area contributed by atoms with Gasteiger partial charge in [-0.15, -0.1) is 0 Å². The van der Waals surface area contributed by atoms with Crippen LogP contribution in [0, 0.1) is 13.8 Å². The maximum Gasteiger partial charge on any atom is 0.0662 e. The van der Waals surface area contributed by atoms with E-state index >= 15 is 0 Å². The summed E-state index contributed by atoms with van der Waals surface area (Å²) in [6.45, 7) is 4.14. The van der Waals surface area contributed by atoms with Crippen molar-refractivity contribution in [2.75, 3.05) is 0 Å². The van der Waals surface area contributed by atoms with E-state index in [0.717, 1.165) is 11.3 Å². The molecule has 0 bridgehead atoms. The highest BCUT2D eigenvalue weighted by atomic mass is 32.2. The molecule has 0 spiro atoms. The smallest absolute Gasteiger partial charge is 0.0662 e. The molecule has 0 fully saturated rings. The van der Waals surface area contributed by atoms with Crippen LogP contribution in [0.25, 0.3) is 0 Å². The van der Waals surface area contributed by atoms with E-state index in [1.54, 1.807) is 6.20 Å². The fourth-order valence-electron chi connectivity index (χ4n) is 2.04. The van der Waals surface area contributed by atoms with Crippen LogP contribution in [0.3, 0.4) is 0 Å². The van der Waals surface area contributed by atoms with Crippen LogP contribution in [0.4, 0.5) is 0 Å². The van der Waals surface area contributed by atoms with Crippen molar-refractivity contribution < 1.29 is 4.21 Å². The van der Waals surface area contributed by atoms with Gasteiger partial charge in [-0.05, 0) is 31.5 Å². The standard InChI is InChI=1S/C15H17NOS/c1-12-7-13(2)9-14(8-12)10-18(17)11-15-5-3-4-6-16-15/h3-9H,10-11H2,1-2H3/t18-/m1/s1. The van der Waals surface area contributed by atoms with Gasteiger partial charge in [0.15, 0.2) is 0 Å². The molecule has 0 saturated carbocycles. The van der Waals surface area contributed by atoms with Crippen LogP contribution in [0.5, 0.6) is 0 Å². The predicted molar refractivity (Wildman–Crippen MR) is 75.7 cm³/mol. The molecule has 2 rings (SSSR count). The number of pyridine rings is 1. The molecule has 2 nitrogen and oxygen atoms in total. The van der Waals surface area contributed by atoms with Crippen molar-refractivity contribution in [2.24, 2.45) is 0 Å². The van der Waals surface area contributed by atoms with Gasteiger partial charge in [0.2, 0.25) is 0 Å². The lowest BCUT2D eigenvalue weighted by Crippen LogP contribution is -2.01. The summed E-state index contributed by atoms with van der Waals surface area (Å²) in [5, 5.41) is 0. The van der Waals surface area contributed by atoms with Crippen molar-refractivity contribution in [3.8, 4) is 0 Å². The Hall–Kier alpha value is -1.48. The quantitative estimate of drug-likeness (QED) is 0.844. The minimum atomic E-state index is -0.901. The van der Waals surface area contributed by atoms with Gasteiger partial charge in [-0.3, -0.25) is 9.19 Å². The molecular formula is C15H17NOS. The number of aromatic nitrogens is 1. The SMILES string of the molecule is Cc1cc(C)cc(C[S@@](=O)Cc2ccccn2)c1. The van der Waals surface area contributed by atoms with Gasteiger partial charge in [0.1, 0.15) is 0 Å². The summed E-state index contributed by atoms with van der Waals surface area (Å²) >= 11 is 0. The molecule has 0 aliphatic rings. The minimum Gasteiger partial charge on any atom is -0.260 e. The number of nitrogens with zero attached hydrogens (tertiary/aromatic N) is 1. The lowest BCUT2D eigenvalue weighted by molar-refractivity contribution is 0.681. The van der Waals surface area contributed by atoms with E-state index in [1.165, 1.54) is 11.1 Å². The summed E-state index contributed by atoms with van der Waals surface area (Å²) in [6, 6.07) is 12.0. The summed E-state index contributed by atoms with van der Waals surface area (Å²) in [4.78, 5) is 4.20. The molecule has 0 N–H and O–H groups in total. The number of hydrogen-bond donors (Lipinski definition) is 0. The summed E-state index contributed by atoms with van der Waals surface area (Å²) < 4.78 is 12.1. The highest BCUT2D eigenvalue weighted by Gasteiger charge is 2.05. The first-order chi connectivity index (χ1) is 8.63. The fourth-order valence-corrected chi connectivity index (χ4v) is 3.18. The molecule has 1 heterocycles. The van der Waals surface area contributed by atoms with Gasteiger partial charge in [-0.1, -0.05) is 35.4 Å². The van der Waals surface area contributed by atoms with Gasteiger partial charge in [-0.2, -0.15) is 0 Å². The van der Waals surface area contributed by atoms with E-state index in [1.807, 2.05) is 18.2 Å². The second kappa shape index (κ2) is 5.91. The van der Waals surface area contributed by atoms with Crippen LogP contribution in [-0.2, 0) is 22.3 Å². The summed E-state index contributed by atoms with van der Waals surface area (Å²) in [7, 11) is -0.901. The average molecular weight is 259 g/mol. The van der Waals surface area contributed by atoms with Gasteiger partial charge < -0.3 is 0 Å². The second-order valence-electron chi connectivity index (χ2n) is 4.55. The second-order valence-corrected chi connectivity index (χ2v) is 6.00. The maximum atomic E-state index is 12.1. The van der Waals surface area contributed by atoms with Crippen molar-refractivity contribution >= 4 is 10.8 Å². The molecule has 1 atom stereocenters. The van der Waals surface area contributed by atoms with Gasteiger partial charge in [0.05, 0.1) is 11.4 Å². The Morgan fingerprint density at radius 2 is 1.78 bits per heavy atom. The van der Waals surface area contributed by atoms with E-state index in [0.29, 0.717) is 11.5 Å². The molecule has 94 valence electrons. The third kappa shape index (κ3) is 3.77. The summed E-state index contributed by atoms with van der Waals surface area (Å²) in [6.07, 6.45) is 1.74. The lowest BCUT2D eigenvalue weighted by Gasteiger charge is -2.05. The van der Waals surface area contributed by atoms with Crippen molar-refractivity contribution in [3.05, 3.63) is 65.0 Å². The first-order valence-electron chi connectivity index (χ1n) is 5.95. The van der Waals surface area contributed by atoms with E-state index < -0.39 is 10.8 Å². The molecule has 2 aromatic rings. The van der Waals surface area contributed by atoms with Crippen molar-refractivity contribution in [2.45, 2.75) is 25.4 Å². The monoisotopic (exact) mass is 259 g/mol. The number of aryl methyl sites for hydroxylation is 2. The van der Waals surface area contributed by atoms with Gasteiger partial charge >= 0.3 is 0 Å². The Bertz CT molecular complexity index is 531. The van der Waals surface area contributed by atoms with E-state index in [-0.39, 0.29) is 0 Å². The minimum absolute atomic E-state index is 0.522. The number of benzene rings is 1. The Kier molecular flexibility index (Phi) is 4.26. The third-order valence-electron chi connectivity index (χ3n) is 2.64. The molecule has 0 saturated heterocycles. The van der Waals surface area contributed by atoms with Crippen molar-refractivity contribution in [3.63, 3.8) is 0 Å². The van der Waals surface area contributed by atoms with Crippen molar-refractivity contribution in [1.82, 2.24) is 4.98 Å². The Labute approximate surface area is 111 Å². The first-order valence-corrected chi connectivity index (χ1v) is 7.44. The molecule has 0 aliphatic carbocycles. The molecule has 3 heteroatoms. The Morgan fingerprint density at radius 3 is 2.39 bits per heavy atom. The van der Waals surface area contributed by atoms with Crippen LogP contribution in [0.1, 0.15) is 22.4 Å². The van der Waals surface area contributed by atoms with Crippen LogP contribution in [0.15, 0.2) is 42.6 Å². The molecule has 18 heavy (non-hydrogen) atoms. The maximum absolute atomic E-state index is 12.1. The van der Waals surface area contributed by atoms with Crippen LogP contribution in [-0.4, -0.2) is 9.19 Å².